The van der Waals surface area contributed by atoms with Crippen LogP contribution in [0.15, 0.2) is 23.0 Å². The molecule has 0 radical (unpaired) electrons. The van der Waals surface area contributed by atoms with Crippen LogP contribution in [0.25, 0.3) is 0 Å². The van der Waals surface area contributed by atoms with E-state index in [-0.39, 0.29) is 5.75 Å². The largest absolute Gasteiger partial charge is 0.472 e. The van der Waals surface area contributed by atoms with E-state index in [1.807, 2.05) is 6.07 Å². The van der Waals surface area contributed by atoms with E-state index >= 15 is 0 Å². The van der Waals surface area contributed by atoms with Crippen LogP contribution < -0.4 is 10.0 Å². The predicted molar refractivity (Wildman–Crippen MR) is 53.3 cm³/mol. The number of nitrogens with one attached hydrogen (secondary N) is 2. The molecule has 6 heteroatoms. The van der Waals surface area contributed by atoms with Gasteiger partial charge in [0.1, 0.15) is 0 Å². The molecule has 0 aliphatic rings. The van der Waals surface area contributed by atoms with Gasteiger partial charge in [-0.25, -0.2) is 13.1 Å². The van der Waals surface area contributed by atoms with Crippen molar-refractivity contribution in [1.82, 2.24) is 10.0 Å². The number of sulfonamides is 1. The van der Waals surface area contributed by atoms with Crippen LogP contribution >= 0.6 is 0 Å². The Bertz CT molecular complexity index is 345. The summed E-state index contributed by atoms with van der Waals surface area (Å²) in [4.78, 5) is 0. The molecule has 0 aliphatic heterocycles. The lowest BCUT2D eigenvalue weighted by atomic mass is 10.3. The summed E-state index contributed by atoms with van der Waals surface area (Å²) >= 11 is 0. The number of furan rings is 1. The Labute approximate surface area is 83.5 Å². The van der Waals surface area contributed by atoms with Crippen molar-refractivity contribution < 1.29 is 12.8 Å². The third kappa shape index (κ3) is 3.91. The van der Waals surface area contributed by atoms with Crippen LogP contribution in [0.5, 0.6) is 0 Å². The van der Waals surface area contributed by atoms with Gasteiger partial charge >= 0.3 is 0 Å². The molecule has 14 heavy (non-hydrogen) atoms. The normalized spacial score (nSPS) is 11.8. The van der Waals surface area contributed by atoms with Gasteiger partial charge in [-0.15, -0.1) is 0 Å². The van der Waals surface area contributed by atoms with Gasteiger partial charge in [0.05, 0.1) is 18.3 Å². The Hall–Kier alpha value is -0.850. The highest BCUT2D eigenvalue weighted by molar-refractivity contribution is 7.89. The lowest BCUT2D eigenvalue weighted by Gasteiger charge is -2.03. The van der Waals surface area contributed by atoms with E-state index in [1.165, 1.54) is 7.05 Å². The molecule has 0 atom stereocenters. The molecule has 0 aliphatic carbocycles. The maximum Gasteiger partial charge on any atom is 0.212 e. The lowest BCUT2D eigenvalue weighted by molar-refractivity contribution is 0.560. The third-order valence-corrected chi connectivity index (χ3v) is 3.13. The second-order valence-electron chi connectivity index (χ2n) is 2.83. The van der Waals surface area contributed by atoms with Crippen molar-refractivity contribution in [2.75, 3.05) is 19.3 Å². The first-order valence-corrected chi connectivity index (χ1v) is 5.92. The zero-order valence-corrected chi connectivity index (χ0v) is 8.80. The Balaban J connectivity index is 2.17. The van der Waals surface area contributed by atoms with Crippen LogP contribution in [0.4, 0.5) is 0 Å². The smallest absolute Gasteiger partial charge is 0.212 e. The maximum atomic E-state index is 11.0. The average molecular weight is 218 g/mol. The fourth-order valence-corrected chi connectivity index (χ4v) is 1.55. The van der Waals surface area contributed by atoms with Crippen LogP contribution in [0.2, 0.25) is 0 Å². The molecule has 2 N–H and O–H groups in total. The van der Waals surface area contributed by atoms with Crippen LogP contribution in [0.3, 0.4) is 0 Å². The van der Waals surface area contributed by atoms with Gasteiger partial charge in [0, 0.05) is 18.7 Å². The van der Waals surface area contributed by atoms with Crippen molar-refractivity contribution in [2.45, 2.75) is 6.54 Å². The number of hydrogen-bond acceptors (Lipinski definition) is 4. The van der Waals surface area contributed by atoms with Crippen molar-refractivity contribution in [1.29, 1.82) is 0 Å². The van der Waals surface area contributed by atoms with Gasteiger partial charge in [0.15, 0.2) is 0 Å². The first-order chi connectivity index (χ1) is 6.64. The monoisotopic (exact) mass is 218 g/mol. The highest BCUT2D eigenvalue weighted by Crippen LogP contribution is 1.97. The van der Waals surface area contributed by atoms with E-state index < -0.39 is 10.0 Å². The minimum absolute atomic E-state index is 0.0847. The van der Waals surface area contributed by atoms with Gasteiger partial charge in [0.25, 0.3) is 0 Å². The SMILES string of the molecule is CNS(=O)(=O)CCNCc1ccoc1. The van der Waals surface area contributed by atoms with Gasteiger partial charge in [-0.2, -0.15) is 0 Å². The molecular formula is C8H14N2O3S. The summed E-state index contributed by atoms with van der Waals surface area (Å²) in [6, 6.07) is 1.83. The van der Waals surface area contributed by atoms with Crippen LogP contribution in [0.1, 0.15) is 5.56 Å². The van der Waals surface area contributed by atoms with E-state index in [9.17, 15) is 8.42 Å². The van der Waals surface area contributed by atoms with Crippen molar-refractivity contribution >= 4 is 10.0 Å². The Morgan fingerprint density at radius 2 is 2.29 bits per heavy atom. The first-order valence-electron chi connectivity index (χ1n) is 4.27. The minimum Gasteiger partial charge on any atom is -0.472 e. The van der Waals surface area contributed by atoms with Crippen LogP contribution in [0, 0.1) is 0 Å². The van der Waals surface area contributed by atoms with Crippen LogP contribution in [-0.4, -0.2) is 27.8 Å². The quantitative estimate of drug-likeness (QED) is 0.655. The van der Waals surface area contributed by atoms with E-state index in [4.69, 9.17) is 4.42 Å². The third-order valence-electron chi connectivity index (χ3n) is 1.77. The number of hydrogen-bond donors (Lipinski definition) is 2. The van der Waals surface area contributed by atoms with Crippen molar-refractivity contribution in [3.8, 4) is 0 Å². The van der Waals surface area contributed by atoms with Gasteiger partial charge in [-0.05, 0) is 13.1 Å². The van der Waals surface area contributed by atoms with Gasteiger partial charge < -0.3 is 9.73 Å². The zero-order chi connectivity index (χ0) is 10.4. The predicted octanol–water partition coefficient (Wildman–Crippen LogP) is -0.0816. The maximum absolute atomic E-state index is 11.0. The fourth-order valence-electron chi connectivity index (χ4n) is 0.935. The molecule has 0 saturated heterocycles. The summed E-state index contributed by atoms with van der Waals surface area (Å²) in [5.74, 6) is 0.0847. The molecule has 0 bridgehead atoms. The molecule has 1 aromatic heterocycles. The Morgan fingerprint density at radius 1 is 1.50 bits per heavy atom. The Morgan fingerprint density at radius 3 is 2.86 bits per heavy atom. The van der Waals surface area contributed by atoms with E-state index in [0.717, 1.165) is 5.56 Å². The van der Waals surface area contributed by atoms with Gasteiger partial charge in [-0.3, -0.25) is 0 Å². The second kappa shape index (κ2) is 5.14. The highest BCUT2D eigenvalue weighted by Gasteiger charge is 2.05. The molecule has 0 aromatic carbocycles. The molecule has 0 unspecified atom stereocenters. The topological polar surface area (TPSA) is 71.3 Å². The molecule has 1 aromatic rings. The summed E-state index contributed by atoms with van der Waals surface area (Å²) < 4.78 is 29.1. The summed E-state index contributed by atoms with van der Waals surface area (Å²) in [5.41, 5.74) is 1.01. The molecular weight excluding hydrogens is 204 g/mol. The average Bonchev–Trinajstić information content (AvgIpc) is 2.65. The highest BCUT2D eigenvalue weighted by atomic mass is 32.2. The van der Waals surface area contributed by atoms with E-state index in [0.29, 0.717) is 13.1 Å². The fraction of sp³-hybridized carbons (Fsp3) is 0.500. The zero-order valence-electron chi connectivity index (χ0n) is 7.99. The van der Waals surface area contributed by atoms with E-state index in [1.54, 1.807) is 12.5 Å². The second-order valence-corrected chi connectivity index (χ2v) is 4.88. The first kappa shape index (κ1) is 11.2. The standard InChI is InChI=1S/C8H14N2O3S/c1-9-14(11,12)5-3-10-6-8-2-4-13-7-8/h2,4,7,9-10H,3,5-6H2,1H3. The Kier molecular flexibility index (Phi) is 4.12. The van der Waals surface area contributed by atoms with E-state index in [2.05, 4.69) is 10.0 Å². The lowest BCUT2D eigenvalue weighted by Crippen LogP contribution is -2.29. The molecule has 0 amide bonds. The molecule has 5 nitrogen and oxygen atoms in total. The van der Waals surface area contributed by atoms with Crippen LogP contribution in [-0.2, 0) is 16.6 Å². The van der Waals surface area contributed by atoms with Crippen molar-refractivity contribution in [2.24, 2.45) is 0 Å². The minimum atomic E-state index is -3.10. The van der Waals surface area contributed by atoms with Crippen molar-refractivity contribution in [3.63, 3.8) is 0 Å². The summed E-state index contributed by atoms with van der Waals surface area (Å²) in [5, 5.41) is 3.00. The molecule has 0 saturated carbocycles. The molecule has 1 heterocycles. The molecule has 0 spiro atoms. The molecule has 0 fully saturated rings. The summed E-state index contributed by atoms with van der Waals surface area (Å²) in [7, 11) is -1.69. The van der Waals surface area contributed by atoms with Gasteiger partial charge in [0.2, 0.25) is 10.0 Å². The van der Waals surface area contributed by atoms with Gasteiger partial charge in [-0.1, -0.05) is 0 Å². The summed E-state index contributed by atoms with van der Waals surface area (Å²) in [6.07, 6.45) is 3.21. The summed E-state index contributed by atoms with van der Waals surface area (Å²) in [6.45, 7) is 1.05. The van der Waals surface area contributed by atoms with Crippen molar-refractivity contribution in [3.05, 3.63) is 24.2 Å². The molecule has 1 rings (SSSR count). The number of rotatable bonds is 6. The molecule has 80 valence electrons.